The van der Waals surface area contributed by atoms with Gasteiger partial charge in [0, 0.05) is 16.0 Å². The highest BCUT2D eigenvalue weighted by Crippen LogP contribution is 2.23. The third-order valence-corrected chi connectivity index (χ3v) is 3.28. The maximum absolute atomic E-state index is 11.0. The van der Waals surface area contributed by atoms with Crippen molar-refractivity contribution in [3.8, 4) is 11.3 Å². The zero-order valence-corrected chi connectivity index (χ0v) is 10.6. The van der Waals surface area contributed by atoms with Crippen LogP contribution in [0.3, 0.4) is 0 Å². The summed E-state index contributed by atoms with van der Waals surface area (Å²) < 4.78 is 0. The molecular weight excluding hydrogens is 274 g/mol. The lowest BCUT2D eigenvalue weighted by Gasteiger charge is -1.96. The first-order valence-electron chi connectivity index (χ1n) is 4.85. The van der Waals surface area contributed by atoms with E-state index in [9.17, 15) is 4.79 Å². The van der Waals surface area contributed by atoms with Crippen LogP contribution < -0.4 is 5.73 Å². The van der Waals surface area contributed by atoms with Gasteiger partial charge in [0.2, 0.25) is 5.71 Å². The summed E-state index contributed by atoms with van der Waals surface area (Å²) >= 11 is 6.96. The van der Waals surface area contributed by atoms with Gasteiger partial charge in [-0.25, -0.2) is 4.98 Å². The highest BCUT2D eigenvalue weighted by Gasteiger charge is 2.16. The molecule has 3 N–H and O–H groups in total. The van der Waals surface area contributed by atoms with Crippen LogP contribution in [0.1, 0.15) is 5.01 Å². The van der Waals surface area contributed by atoms with Gasteiger partial charge in [0.05, 0.1) is 5.69 Å². The normalized spacial score (nSPS) is 11.5. The van der Waals surface area contributed by atoms with Crippen LogP contribution in [-0.4, -0.2) is 21.8 Å². The van der Waals surface area contributed by atoms with Crippen LogP contribution in [0.15, 0.2) is 34.8 Å². The number of halogens is 1. The minimum Gasteiger partial charge on any atom is -0.410 e. The summed E-state index contributed by atoms with van der Waals surface area (Å²) in [6, 6.07) is 7.10. The molecule has 2 aromatic rings. The van der Waals surface area contributed by atoms with E-state index in [-0.39, 0.29) is 10.7 Å². The Hall–Kier alpha value is -1.92. The van der Waals surface area contributed by atoms with Gasteiger partial charge in [-0.3, -0.25) is 4.79 Å². The van der Waals surface area contributed by atoms with Gasteiger partial charge >= 0.3 is 0 Å². The van der Waals surface area contributed by atoms with Gasteiger partial charge in [0.25, 0.3) is 5.91 Å². The van der Waals surface area contributed by atoms with Crippen molar-refractivity contribution in [3.05, 3.63) is 39.7 Å². The molecular formula is C11H8ClN3O2S. The number of nitrogens with zero attached hydrogens (tertiary/aromatic N) is 2. The molecule has 0 aliphatic rings. The van der Waals surface area contributed by atoms with E-state index < -0.39 is 5.91 Å². The van der Waals surface area contributed by atoms with E-state index in [4.69, 9.17) is 22.5 Å². The Morgan fingerprint density at radius 3 is 2.61 bits per heavy atom. The lowest BCUT2D eigenvalue weighted by Crippen LogP contribution is -2.24. The Kier molecular flexibility index (Phi) is 3.59. The van der Waals surface area contributed by atoms with E-state index in [2.05, 4.69) is 10.1 Å². The minimum atomic E-state index is -0.825. The molecule has 1 aromatic heterocycles. The summed E-state index contributed by atoms with van der Waals surface area (Å²) in [6.07, 6.45) is 0. The predicted octanol–water partition coefficient (Wildman–Crippen LogP) is 2.13. The molecule has 1 amide bonds. The van der Waals surface area contributed by atoms with E-state index in [0.717, 1.165) is 5.56 Å². The van der Waals surface area contributed by atoms with E-state index in [1.165, 1.54) is 11.3 Å². The van der Waals surface area contributed by atoms with Gasteiger partial charge < -0.3 is 10.9 Å². The van der Waals surface area contributed by atoms with Crippen molar-refractivity contribution in [2.24, 2.45) is 10.9 Å². The molecule has 1 heterocycles. The van der Waals surface area contributed by atoms with Crippen LogP contribution in [0.4, 0.5) is 0 Å². The third-order valence-electron chi connectivity index (χ3n) is 2.18. The SMILES string of the molecule is NC(=O)C(=NO)c1nc(-c2ccc(Cl)cc2)cs1. The molecule has 7 heteroatoms. The molecule has 0 saturated heterocycles. The van der Waals surface area contributed by atoms with Crippen LogP contribution in [0.25, 0.3) is 11.3 Å². The molecule has 0 saturated carbocycles. The average molecular weight is 282 g/mol. The number of carbonyl (C=O) groups is 1. The molecule has 0 unspecified atom stereocenters. The number of aromatic nitrogens is 1. The Balaban J connectivity index is 2.36. The number of amides is 1. The molecule has 0 radical (unpaired) electrons. The number of primary amides is 1. The maximum atomic E-state index is 11.0. The smallest absolute Gasteiger partial charge is 0.273 e. The average Bonchev–Trinajstić information content (AvgIpc) is 2.80. The Bertz CT molecular complexity index is 607. The Morgan fingerprint density at radius 2 is 2.06 bits per heavy atom. The van der Waals surface area contributed by atoms with Gasteiger partial charge in [-0.15, -0.1) is 11.3 Å². The summed E-state index contributed by atoms with van der Waals surface area (Å²) in [5.74, 6) is -0.825. The molecule has 0 aliphatic heterocycles. The molecule has 0 fully saturated rings. The first kappa shape index (κ1) is 12.5. The fraction of sp³-hybridized carbons (Fsp3) is 0. The molecule has 0 aliphatic carbocycles. The highest BCUT2D eigenvalue weighted by atomic mass is 35.5. The maximum Gasteiger partial charge on any atom is 0.273 e. The summed E-state index contributed by atoms with van der Waals surface area (Å²) in [5, 5.41) is 14.2. The van der Waals surface area contributed by atoms with E-state index in [1.807, 2.05) is 0 Å². The van der Waals surface area contributed by atoms with Gasteiger partial charge in [0.1, 0.15) is 0 Å². The van der Waals surface area contributed by atoms with E-state index in [1.54, 1.807) is 29.6 Å². The molecule has 18 heavy (non-hydrogen) atoms. The number of oxime groups is 1. The van der Waals surface area contributed by atoms with Crippen LogP contribution >= 0.6 is 22.9 Å². The van der Waals surface area contributed by atoms with Crippen LogP contribution in [0, 0.1) is 0 Å². The van der Waals surface area contributed by atoms with Crippen LogP contribution in [0.2, 0.25) is 5.02 Å². The zero-order valence-electron chi connectivity index (χ0n) is 9.00. The number of hydrogen-bond donors (Lipinski definition) is 2. The summed E-state index contributed by atoms with van der Waals surface area (Å²) in [7, 11) is 0. The first-order chi connectivity index (χ1) is 8.61. The highest BCUT2D eigenvalue weighted by molar-refractivity contribution is 7.13. The predicted molar refractivity (Wildman–Crippen MR) is 70.1 cm³/mol. The number of benzene rings is 1. The lowest BCUT2D eigenvalue weighted by atomic mass is 10.2. The molecule has 5 nitrogen and oxygen atoms in total. The summed E-state index contributed by atoms with van der Waals surface area (Å²) in [4.78, 5) is 15.2. The van der Waals surface area contributed by atoms with Gasteiger partial charge in [-0.05, 0) is 12.1 Å². The number of hydrogen-bond acceptors (Lipinski definition) is 5. The van der Waals surface area contributed by atoms with E-state index in [0.29, 0.717) is 10.7 Å². The lowest BCUT2D eigenvalue weighted by molar-refractivity contribution is -0.112. The zero-order chi connectivity index (χ0) is 13.1. The van der Waals surface area contributed by atoms with Crippen molar-refractivity contribution < 1.29 is 10.0 Å². The second-order valence-corrected chi connectivity index (χ2v) is 4.65. The summed E-state index contributed by atoms with van der Waals surface area (Å²) in [6.45, 7) is 0. The van der Waals surface area contributed by atoms with Gasteiger partial charge in [-0.2, -0.15) is 0 Å². The number of thiazole rings is 1. The van der Waals surface area contributed by atoms with Crippen molar-refractivity contribution in [1.29, 1.82) is 0 Å². The summed E-state index contributed by atoms with van der Waals surface area (Å²) in [5.41, 5.74) is 6.33. The molecule has 2 rings (SSSR count). The molecule has 0 atom stereocenters. The fourth-order valence-corrected chi connectivity index (χ4v) is 2.28. The second kappa shape index (κ2) is 5.16. The van der Waals surface area contributed by atoms with E-state index >= 15 is 0 Å². The Labute approximate surface area is 112 Å². The molecule has 0 spiro atoms. The van der Waals surface area contributed by atoms with Gasteiger partial charge in [-0.1, -0.05) is 28.9 Å². The van der Waals surface area contributed by atoms with Crippen molar-refractivity contribution in [3.63, 3.8) is 0 Å². The standard InChI is InChI=1S/C11H8ClN3O2S/c12-7-3-1-6(2-4-7)8-5-18-11(14-8)9(15-17)10(13)16/h1-5,17H,(H2,13,16). The van der Waals surface area contributed by atoms with Crippen LogP contribution in [-0.2, 0) is 4.79 Å². The van der Waals surface area contributed by atoms with Crippen molar-refractivity contribution >= 4 is 34.6 Å². The molecule has 1 aromatic carbocycles. The Morgan fingerprint density at radius 1 is 1.39 bits per heavy atom. The fourth-order valence-electron chi connectivity index (χ4n) is 1.33. The number of nitrogens with two attached hydrogens (primary N) is 1. The second-order valence-electron chi connectivity index (χ2n) is 3.36. The number of carbonyl (C=O) groups excluding carboxylic acids is 1. The van der Waals surface area contributed by atoms with Crippen molar-refractivity contribution in [2.75, 3.05) is 0 Å². The van der Waals surface area contributed by atoms with Crippen molar-refractivity contribution in [2.45, 2.75) is 0 Å². The van der Waals surface area contributed by atoms with Crippen molar-refractivity contribution in [1.82, 2.24) is 4.98 Å². The monoisotopic (exact) mass is 281 g/mol. The quantitative estimate of drug-likeness (QED) is 0.513. The van der Waals surface area contributed by atoms with Crippen LogP contribution in [0.5, 0.6) is 0 Å². The molecule has 92 valence electrons. The number of rotatable bonds is 3. The first-order valence-corrected chi connectivity index (χ1v) is 6.11. The largest absolute Gasteiger partial charge is 0.410 e. The minimum absolute atomic E-state index is 0.250. The topological polar surface area (TPSA) is 88.6 Å². The molecule has 0 bridgehead atoms. The van der Waals surface area contributed by atoms with Gasteiger partial charge in [0.15, 0.2) is 5.01 Å². The third kappa shape index (κ3) is 2.49.